The van der Waals surface area contributed by atoms with Crippen molar-refractivity contribution in [2.75, 3.05) is 5.32 Å². The Morgan fingerprint density at radius 3 is 2.53 bits per heavy atom. The molecule has 0 fully saturated rings. The predicted molar refractivity (Wildman–Crippen MR) is 113 cm³/mol. The molecule has 158 valence electrons. The maximum absolute atomic E-state index is 12.4. The molecule has 1 amide bonds. The minimum atomic E-state index is -0.518. The fraction of sp³-hybridized carbons (Fsp3) is 0.381. The van der Waals surface area contributed by atoms with Gasteiger partial charge in [0.2, 0.25) is 5.91 Å². The van der Waals surface area contributed by atoms with Crippen LogP contribution >= 0.6 is 0 Å². The maximum atomic E-state index is 12.4. The van der Waals surface area contributed by atoms with Gasteiger partial charge in [0.1, 0.15) is 0 Å². The van der Waals surface area contributed by atoms with Crippen LogP contribution in [0.3, 0.4) is 0 Å². The number of nitrogens with one attached hydrogen (secondary N) is 1. The first-order chi connectivity index (χ1) is 14.3. The Labute approximate surface area is 174 Å². The molecule has 0 saturated heterocycles. The Hall–Kier alpha value is -3.49. The molecule has 0 radical (unpaired) electrons. The second-order valence-corrected chi connectivity index (χ2v) is 7.41. The van der Waals surface area contributed by atoms with E-state index in [9.17, 15) is 14.9 Å². The van der Waals surface area contributed by atoms with Crippen LogP contribution in [0, 0.1) is 37.8 Å². The van der Waals surface area contributed by atoms with Gasteiger partial charge in [0.15, 0.2) is 0 Å². The van der Waals surface area contributed by atoms with E-state index in [0.29, 0.717) is 25.2 Å². The number of benzene rings is 1. The standard InChI is InChI=1S/C21H26N6O3/c1-14-8-5-6-9-18(14)13-26-17(4)21(16(3)23-26)22-20(28)10-7-11-25-15(2)12-19(24-25)27(29)30/h5-6,8-9,12H,7,10-11,13H2,1-4H3,(H,22,28). The van der Waals surface area contributed by atoms with Crippen LogP contribution < -0.4 is 5.32 Å². The van der Waals surface area contributed by atoms with Gasteiger partial charge < -0.3 is 15.4 Å². The molecule has 0 aliphatic rings. The van der Waals surface area contributed by atoms with Crippen LogP contribution in [-0.4, -0.2) is 30.4 Å². The molecular formula is C21H26N6O3. The second kappa shape index (κ2) is 8.89. The lowest BCUT2D eigenvalue weighted by Gasteiger charge is -2.09. The first-order valence-electron chi connectivity index (χ1n) is 9.83. The predicted octanol–water partition coefficient (Wildman–Crippen LogP) is 3.69. The van der Waals surface area contributed by atoms with E-state index >= 15 is 0 Å². The number of nitro groups is 1. The lowest BCUT2D eigenvalue weighted by molar-refractivity contribution is -0.389. The molecule has 0 saturated carbocycles. The summed E-state index contributed by atoms with van der Waals surface area (Å²) in [5, 5.41) is 22.3. The van der Waals surface area contributed by atoms with Crippen molar-refractivity contribution >= 4 is 17.4 Å². The quantitative estimate of drug-likeness (QED) is 0.450. The third-order valence-corrected chi connectivity index (χ3v) is 5.16. The minimum absolute atomic E-state index is 0.115. The Bertz CT molecular complexity index is 1080. The number of aromatic nitrogens is 4. The molecule has 0 atom stereocenters. The van der Waals surface area contributed by atoms with Gasteiger partial charge in [-0.05, 0) is 50.2 Å². The van der Waals surface area contributed by atoms with Crippen LogP contribution in [0.4, 0.5) is 11.5 Å². The molecule has 9 heteroatoms. The third kappa shape index (κ3) is 4.73. The summed E-state index contributed by atoms with van der Waals surface area (Å²) in [6, 6.07) is 9.59. The number of aryl methyl sites for hydroxylation is 4. The fourth-order valence-electron chi connectivity index (χ4n) is 3.38. The van der Waals surface area contributed by atoms with Crippen LogP contribution in [0.5, 0.6) is 0 Å². The summed E-state index contributed by atoms with van der Waals surface area (Å²) in [5.74, 6) is -0.291. The maximum Gasteiger partial charge on any atom is 0.390 e. The van der Waals surface area contributed by atoms with Gasteiger partial charge in [0.05, 0.1) is 47.0 Å². The molecule has 1 aromatic carbocycles. The summed E-state index contributed by atoms with van der Waals surface area (Å²) in [7, 11) is 0. The van der Waals surface area contributed by atoms with Crippen LogP contribution in [0.1, 0.15) is 41.1 Å². The molecule has 9 nitrogen and oxygen atoms in total. The molecule has 2 aromatic heterocycles. The van der Waals surface area contributed by atoms with Crippen molar-refractivity contribution in [3.05, 3.63) is 68.7 Å². The van der Waals surface area contributed by atoms with Gasteiger partial charge in [0.25, 0.3) is 0 Å². The summed E-state index contributed by atoms with van der Waals surface area (Å²) in [6.45, 7) is 8.74. The number of carbonyl (C=O) groups is 1. The largest absolute Gasteiger partial charge is 0.390 e. The van der Waals surface area contributed by atoms with Crippen molar-refractivity contribution < 1.29 is 9.72 Å². The third-order valence-electron chi connectivity index (χ3n) is 5.16. The molecule has 0 aliphatic carbocycles. The molecule has 0 spiro atoms. The number of rotatable bonds is 8. The number of nitrogens with zero attached hydrogens (tertiary/aromatic N) is 5. The summed E-state index contributed by atoms with van der Waals surface area (Å²) in [4.78, 5) is 22.7. The van der Waals surface area contributed by atoms with E-state index in [2.05, 4.69) is 34.6 Å². The molecule has 0 bridgehead atoms. The first kappa shape index (κ1) is 21.2. The smallest absolute Gasteiger partial charge is 0.358 e. The van der Waals surface area contributed by atoms with Gasteiger partial charge in [-0.25, -0.2) is 0 Å². The van der Waals surface area contributed by atoms with Gasteiger partial charge in [-0.1, -0.05) is 24.3 Å². The van der Waals surface area contributed by atoms with Crippen molar-refractivity contribution in [1.82, 2.24) is 19.6 Å². The van der Waals surface area contributed by atoms with Crippen LogP contribution in [0.25, 0.3) is 0 Å². The highest BCUT2D eigenvalue weighted by Gasteiger charge is 2.17. The van der Waals surface area contributed by atoms with Gasteiger partial charge in [0, 0.05) is 6.42 Å². The average molecular weight is 410 g/mol. The van der Waals surface area contributed by atoms with Crippen molar-refractivity contribution in [3.8, 4) is 0 Å². The van der Waals surface area contributed by atoms with Crippen LogP contribution in [-0.2, 0) is 17.9 Å². The van der Waals surface area contributed by atoms with Crippen molar-refractivity contribution in [2.45, 2.75) is 53.6 Å². The van der Waals surface area contributed by atoms with Crippen LogP contribution in [0.2, 0.25) is 0 Å². The minimum Gasteiger partial charge on any atom is -0.358 e. The number of carbonyl (C=O) groups excluding carboxylic acids is 1. The summed E-state index contributed by atoms with van der Waals surface area (Å²) in [6.07, 6.45) is 0.815. The molecule has 0 unspecified atom stereocenters. The zero-order valence-electron chi connectivity index (χ0n) is 17.7. The molecule has 3 rings (SSSR count). The Morgan fingerprint density at radius 2 is 1.87 bits per heavy atom. The Balaban J connectivity index is 1.59. The lowest BCUT2D eigenvalue weighted by Crippen LogP contribution is -2.14. The zero-order chi connectivity index (χ0) is 21.8. The monoisotopic (exact) mass is 410 g/mol. The number of amides is 1. The van der Waals surface area contributed by atoms with E-state index < -0.39 is 4.92 Å². The van der Waals surface area contributed by atoms with E-state index in [1.54, 1.807) is 11.6 Å². The lowest BCUT2D eigenvalue weighted by atomic mass is 10.1. The van der Waals surface area contributed by atoms with Crippen molar-refractivity contribution in [2.24, 2.45) is 0 Å². The molecule has 2 heterocycles. The summed E-state index contributed by atoms with van der Waals surface area (Å²) >= 11 is 0. The van der Waals surface area contributed by atoms with E-state index in [0.717, 1.165) is 17.1 Å². The van der Waals surface area contributed by atoms with Crippen molar-refractivity contribution in [1.29, 1.82) is 0 Å². The SMILES string of the molecule is Cc1ccccc1Cn1nc(C)c(NC(=O)CCCn2nc([N+](=O)[O-])cc2C)c1C. The number of anilines is 1. The molecule has 1 N–H and O–H groups in total. The van der Waals surface area contributed by atoms with Crippen LogP contribution in [0.15, 0.2) is 30.3 Å². The van der Waals surface area contributed by atoms with Gasteiger partial charge in [-0.15, -0.1) is 0 Å². The Kier molecular flexibility index (Phi) is 6.29. The van der Waals surface area contributed by atoms with E-state index in [1.165, 1.54) is 17.2 Å². The first-order valence-corrected chi connectivity index (χ1v) is 9.83. The topological polar surface area (TPSA) is 108 Å². The van der Waals surface area contributed by atoms with Gasteiger partial charge >= 0.3 is 5.82 Å². The van der Waals surface area contributed by atoms with Gasteiger partial charge in [-0.3, -0.25) is 9.48 Å². The highest BCUT2D eigenvalue weighted by molar-refractivity contribution is 5.91. The number of hydrogen-bond donors (Lipinski definition) is 1. The number of hydrogen-bond acceptors (Lipinski definition) is 5. The van der Waals surface area contributed by atoms with E-state index in [-0.39, 0.29) is 18.1 Å². The molecule has 3 aromatic rings. The highest BCUT2D eigenvalue weighted by Crippen LogP contribution is 2.22. The highest BCUT2D eigenvalue weighted by atomic mass is 16.6. The molecular weight excluding hydrogens is 384 g/mol. The van der Waals surface area contributed by atoms with E-state index in [1.807, 2.05) is 30.7 Å². The zero-order valence-corrected chi connectivity index (χ0v) is 17.7. The van der Waals surface area contributed by atoms with Crippen molar-refractivity contribution in [3.63, 3.8) is 0 Å². The molecule has 0 aliphatic heterocycles. The summed E-state index contributed by atoms with van der Waals surface area (Å²) < 4.78 is 3.46. The summed E-state index contributed by atoms with van der Waals surface area (Å²) in [5.41, 5.74) is 5.50. The average Bonchev–Trinajstić information content (AvgIpc) is 3.19. The van der Waals surface area contributed by atoms with Gasteiger partial charge in [-0.2, -0.15) is 9.78 Å². The Morgan fingerprint density at radius 1 is 1.13 bits per heavy atom. The second-order valence-electron chi connectivity index (χ2n) is 7.41. The normalized spacial score (nSPS) is 10.9. The fourth-order valence-corrected chi connectivity index (χ4v) is 3.38. The van der Waals surface area contributed by atoms with E-state index in [4.69, 9.17) is 0 Å². The molecule has 30 heavy (non-hydrogen) atoms.